The molecule has 1 atom stereocenters. The molecule has 1 fully saturated rings. The molecule has 1 saturated heterocycles. The summed E-state index contributed by atoms with van der Waals surface area (Å²) in [5.41, 5.74) is 0. The van der Waals surface area contributed by atoms with Gasteiger partial charge in [0, 0.05) is 25.0 Å². The highest BCUT2D eigenvalue weighted by atomic mass is 19.1. The van der Waals surface area contributed by atoms with Crippen molar-refractivity contribution in [1.29, 1.82) is 0 Å². The molecule has 0 radical (unpaired) electrons. The quantitative estimate of drug-likeness (QED) is 0.884. The molecule has 2 amide bonds. The Morgan fingerprint density at radius 3 is 3.04 bits per heavy atom. The lowest BCUT2D eigenvalue weighted by Gasteiger charge is -2.31. The molecule has 1 aromatic heterocycles. The second kappa shape index (κ2) is 8.16. The van der Waals surface area contributed by atoms with Crippen molar-refractivity contribution in [3.05, 3.63) is 41.8 Å². The normalized spacial score (nSPS) is 17.4. The number of benzene rings is 1. The van der Waals surface area contributed by atoms with E-state index < -0.39 is 5.82 Å². The number of hydrogen-bond donors (Lipinski definition) is 1. The fraction of sp³-hybridized carbons (Fsp3) is 0.500. The lowest BCUT2D eigenvalue weighted by molar-refractivity contribution is 0.175. The van der Waals surface area contributed by atoms with Crippen molar-refractivity contribution in [2.75, 3.05) is 13.1 Å². The van der Waals surface area contributed by atoms with Gasteiger partial charge in [0.1, 0.15) is 0 Å². The number of para-hydroxylation sites is 1. The van der Waals surface area contributed by atoms with Crippen molar-refractivity contribution in [3.63, 3.8) is 0 Å². The van der Waals surface area contributed by atoms with E-state index in [9.17, 15) is 9.18 Å². The third-order valence-electron chi connectivity index (χ3n) is 4.16. The molecule has 2 heterocycles. The summed E-state index contributed by atoms with van der Waals surface area (Å²) in [6.45, 7) is 5.13. The van der Waals surface area contributed by atoms with Crippen LogP contribution in [-0.2, 0) is 6.61 Å². The van der Waals surface area contributed by atoms with Crippen LogP contribution in [0.5, 0.6) is 5.75 Å². The Bertz CT molecular complexity index is 750. The molecule has 8 heteroatoms. The van der Waals surface area contributed by atoms with Crippen LogP contribution >= 0.6 is 0 Å². The topological polar surface area (TPSA) is 80.5 Å². The molecule has 2 aromatic rings. The number of halogens is 1. The first kappa shape index (κ1) is 18.2. The average Bonchev–Trinajstić information content (AvgIpc) is 3.10. The molecular formula is C18H23FN4O3. The molecule has 1 aliphatic heterocycles. The molecule has 1 unspecified atom stereocenters. The molecule has 140 valence electrons. The smallest absolute Gasteiger partial charge is 0.317 e. The average molecular weight is 362 g/mol. The first-order valence-corrected chi connectivity index (χ1v) is 8.78. The summed E-state index contributed by atoms with van der Waals surface area (Å²) in [6, 6.07) is 6.17. The summed E-state index contributed by atoms with van der Waals surface area (Å²) in [4.78, 5) is 18.3. The fourth-order valence-corrected chi connectivity index (χ4v) is 2.90. The molecule has 26 heavy (non-hydrogen) atoms. The number of carbonyl (C=O) groups excluding carboxylic acids is 1. The van der Waals surface area contributed by atoms with Crippen LogP contribution < -0.4 is 10.1 Å². The Morgan fingerprint density at radius 1 is 1.46 bits per heavy atom. The highest BCUT2D eigenvalue weighted by Crippen LogP contribution is 2.25. The summed E-state index contributed by atoms with van der Waals surface area (Å²) < 4.78 is 24.2. The van der Waals surface area contributed by atoms with Crippen LogP contribution in [0.1, 0.15) is 44.3 Å². The van der Waals surface area contributed by atoms with Crippen molar-refractivity contribution < 1.29 is 18.4 Å². The van der Waals surface area contributed by atoms with Crippen molar-refractivity contribution in [3.8, 4) is 5.75 Å². The number of piperidine rings is 1. The minimum Gasteiger partial charge on any atom is -0.481 e. The zero-order valence-corrected chi connectivity index (χ0v) is 14.9. The summed E-state index contributed by atoms with van der Waals surface area (Å²) in [5, 5.41) is 6.91. The van der Waals surface area contributed by atoms with E-state index in [0.29, 0.717) is 12.4 Å². The minimum atomic E-state index is -0.439. The first-order valence-electron chi connectivity index (χ1n) is 8.78. The Morgan fingerprint density at radius 2 is 2.27 bits per heavy atom. The standard InChI is InChI=1S/C18H23FN4O3/c1-12(2)20-18(24)23-9-5-6-13(10-23)17-21-16(26-22-17)11-25-15-8-4-3-7-14(15)19/h3-4,7-8,12-13H,5-6,9-11H2,1-2H3,(H,20,24). The largest absolute Gasteiger partial charge is 0.481 e. The van der Waals surface area contributed by atoms with Gasteiger partial charge in [-0.15, -0.1) is 0 Å². The minimum absolute atomic E-state index is 0.00178. The SMILES string of the molecule is CC(C)NC(=O)N1CCCC(c2noc(COc3ccccc3F)n2)C1. The molecule has 0 spiro atoms. The number of urea groups is 1. The number of ether oxygens (including phenoxy) is 1. The molecule has 1 aliphatic rings. The third-order valence-corrected chi connectivity index (χ3v) is 4.16. The summed E-state index contributed by atoms with van der Waals surface area (Å²) in [6.07, 6.45) is 1.77. The van der Waals surface area contributed by atoms with Gasteiger partial charge in [-0.25, -0.2) is 9.18 Å². The number of nitrogens with zero attached hydrogens (tertiary/aromatic N) is 3. The van der Waals surface area contributed by atoms with E-state index in [1.54, 1.807) is 23.1 Å². The van der Waals surface area contributed by atoms with Gasteiger partial charge in [-0.1, -0.05) is 17.3 Å². The van der Waals surface area contributed by atoms with Crippen LogP contribution in [0.3, 0.4) is 0 Å². The van der Waals surface area contributed by atoms with Gasteiger partial charge in [0.05, 0.1) is 0 Å². The van der Waals surface area contributed by atoms with E-state index in [-0.39, 0.29) is 36.2 Å². The van der Waals surface area contributed by atoms with Crippen molar-refractivity contribution in [2.24, 2.45) is 0 Å². The molecule has 3 rings (SSSR count). The van der Waals surface area contributed by atoms with Gasteiger partial charge in [0.2, 0.25) is 0 Å². The van der Waals surface area contributed by atoms with Crippen molar-refractivity contribution >= 4 is 6.03 Å². The zero-order valence-electron chi connectivity index (χ0n) is 14.9. The summed E-state index contributed by atoms with van der Waals surface area (Å²) >= 11 is 0. The van der Waals surface area contributed by atoms with Crippen LogP contribution in [0.4, 0.5) is 9.18 Å². The maximum atomic E-state index is 13.6. The van der Waals surface area contributed by atoms with E-state index >= 15 is 0 Å². The van der Waals surface area contributed by atoms with E-state index in [4.69, 9.17) is 9.26 Å². The molecule has 1 aromatic carbocycles. The molecule has 0 aliphatic carbocycles. The van der Waals surface area contributed by atoms with Crippen LogP contribution in [0.25, 0.3) is 0 Å². The lowest BCUT2D eigenvalue weighted by atomic mass is 9.97. The number of amides is 2. The molecule has 1 N–H and O–H groups in total. The van der Waals surface area contributed by atoms with E-state index in [1.807, 2.05) is 13.8 Å². The lowest BCUT2D eigenvalue weighted by Crippen LogP contribution is -2.47. The Labute approximate surface area is 151 Å². The van der Waals surface area contributed by atoms with Gasteiger partial charge in [0.25, 0.3) is 5.89 Å². The Hall–Kier alpha value is -2.64. The van der Waals surface area contributed by atoms with E-state index in [2.05, 4.69) is 15.5 Å². The molecular weight excluding hydrogens is 339 g/mol. The van der Waals surface area contributed by atoms with Gasteiger partial charge in [0.15, 0.2) is 24.0 Å². The Kier molecular flexibility index (Phi) is 5.70. The first-order chi connectivity index (χ1) is 12.5. The molecule has 0 saturated carbocycles. The van der Waals surface area contributed by atoms with Crippen LogP contribution in [0.2, 0.25) is 0 Å². The number of likely N-dealkylation sites (tertiary alicyclic amines) is 1. The van der Waals surface area contributed by atoms with E-state index in [1.165, 1.54) is 6.07 Å². The molecule has 0 bridgehead atoms. The number of aromatic nitrogens is 2. The predicted octanol–water partition coefficient (Wildman–Crippen LogP) is 3.09. The van der Waals surface area contributed by atoms with Crippen molar-refractivity contribution in [1.82, 2.24) is 20.4 Å². The highest BCUT2D eigenvalue weighted by molar-refractivity contribution is 5.74. The summed E-state index contributed by atoms with van der Waals surface area (Å²) in [7, 11) is 0. The maximum absolute atomic E-state index is 13.6. The predicted molar refractivity (Wildman–Crippen MR) is 92.2 cm³/mol. The summed E-state index contributed by atoms with van der Waals surface area (Å²) in [5.74, 6) is 0.562. The van der Waals surface area contributed by atoms with E-state index in [0.717, 1.165) is 19.4 Å². The van der Waals surface area contributed by atoms with Gasteiger partial charge < -0.3 is 19.5 Å². The number of carbonyl (C=O) groups is 1. The molecule has 7 nitrogen and oxygen atoms in total. The second-order valence-corrected chi connectivity index (χ2v) is 6.65. The fourth-order valence-electron chi connectivity index (χ4n) is 2.90. The van der Waals surface area contributed by atoms with Crippen LogP contribution in [0.15, 0.2) is 28.8 Å². The monoisotopic (exact) mass is 362 g/mol. The van der Waals surface area contributed by atoms with Crippen LogP contribution in [0, 0.1) is 5.82 Å². The maximum Gasteiger partial charge on any atom is 0.317 e. The highest BCUT2D eigenvalue weighted by Gasteiger charge is 2.28. The van der Waals surface area contributed by atoms with Gasteiger partial charge >= 0.3 is 6.03 Å². The number of hydrogen-bond acceptors (Lipinski definition) is 5. The van der Waals surface area contributed by atoms with Gasteiger partial charge in [-0.2, -0.15) is 4.98 Å². The van der Waals surface area contributed by atoms with Crippen molar-refractivity contribution in [2.45, 2.75) is 45.3 Å². The van der Waals surface area contributed by atoms with Crippen LogP contribution in [-0.4, -0.2) is 40.2 Å². The number of rotatable bonds is 5. The zero-order chi connectivity index (χ0) is 18.5. The van der Waals surface area contributed by atoms with Gasteiger partial charge in [-0.05, 0) is 38.8 Å². The number of nitrogens with one attached hydrogen (secondary N) is 1. The Balaban J connectivity index is 1.58. The third kappa shape index (κ3) is 4.50. The second-order valence-electron chi connectivity index (χ2n) is 6.65. The van der Waals surface area contributed by atoms with Gasteiger partial charge in [-0.3, -0.25) is 0 Å².